The highest BCUT2D eigenvalue weighted by Crippen LogP contribution is 2.30. The highest BCUT2D eigenvalue weighted by atomic mass is 35.5. The van der Waals surface area contributed by atoms with E-state index in [-0.39, 0.29) is 11.0 Å². The van der Waals surface area contributed by atoms with Gasteiger partial charge in [-0.15, -0.1) is 5.10 Å². The van der Waals surface area contributed by atoms with Gasteiger partial charge in [0.1, 0.15) is 16.9 Å². The first-order valence-corrected chi connectivity index (χ1v) is 5.29. The average molecular weight is 247 g/mol. The third-order valence-electron chi connectivity index (χ3n) is 2.40. The molecule has 6 heteroatoms. The van der Waals surface area contributed by atoms with Crippen molar-refractivity contribution < 1.29 is 5.11 Å². The number of halogens is 1. The summed E-state index contributed by atoms with van der Waals surface area (Å²) in [6.07, 6.45) is 1.31. The molecule has 0 aliphatic heterocycles. The molecule has 0 unspecified atom stereocenters. The van der Waals surface area contributed by atoms with Crippen molar-refractivity contribution in [2.24, 2.45) is 0 Å². The zero-order valence-corrected chi connectivity index (χ0v) is 9.33. The monoisotopic (exact) mass is 246 g/mol. The van der Waals surface area contributed by atoms with Gasteiger partial charge in [-0.2, -0.15) is 4.68 Å². The minimum absolute atomic E-state index is 0.0585. The van der Waals surface area contributed by atoms with Crippen molar-refractivity contribution in [1.29, 1.82) is 0 Å². The number of nitrogens with zero attached hydrogens (tertiary/aromatic N) is 4. The molecule has 0 saturated heterocycles. The summed E-state index contributed by atoms with van der Waals surface area (Å²) in [5, 5.41) is 14.8. The second-order valence-corrected chi connectivity index (χ2v) is 3.79. The van der Waals surface area contributed by atoms with E-state index in [0.717, 1.165) is 5.69 Å². The zero-order chi connectivity index (χ0) is 11.8. The smallest absolute Gasteiger partial charge is 0.227 e. The predicted octanol–water partition coefficient (Wildman–Crippen LogP) is 2.17. The molecule has 2 heterocycles. The van der Waals surface area contributed by atoms with Crippen LogP contribution in [0.2, 0.25) is 5.15 Å². The van der Waals surface area contributed by atoms with E-state index < -0.39 is 0 Å². The fourth-order valence-corrected chi connectivity index (χ4v) is 1.83. The van der Waals surface area contributed by atoms with Crippen LogP contribution in [0.15, 0.2) is 36.7 Å². The number of aromatic hydroxyl groups is 1. The molecule has 0 radical (unpaired) electrons. The van der Waals surface area contributed by atoms with E-state index in [1.165, 1.54) is 11.0 Å². The number of fused-ring (bicyclic) bond motifs is 1. The first-order valence-electron chi connectivity index (χ1n) is 4.91. The van der Waals surface area contributed by atoms with Crippen molar-refractivity contribution in [2.75, 3.05) is 0 Å². The van der Waals surface area contributed by atoms with Crippen LogP contribution in [0.1, 0.15) is 0 Å². The highest BCUT2D eigenvalue weighted by Gasteiger charge is 2.15. The Morgan fingerprint density at radius 3 is 2.59 bits per heavy atom. The van der Waals surface area contributed by atoms with Gasteiger partial charge in [-0.3, -0.25) is 0 Å². The highest BCUT2D eigenvalue weighted by molar-refractivity contribution is 6.34. The molecule has 0 saturated carbocycles. The van der Waals surface area contributed by atoms with Gasteiger partial charge in [0, 0.05) is 0 Å². The largest absolute Gasteiger partial charge is 0.493 e. The SMILES string of the molecule is Oc1c2c(Cl)ncnc2nn1-c1ccccc1. The van der Waals surface area contributed by atoms with E-state index in [1.807, 2.05) is 30.3 Å². The van der Waals surface area contributed by atoms with Gasteiger partial charge >= 0.3 is 0 Å². The fourth-order valence-electron chi connectivity index (χ4n) is 1.62. The Labute approximate surface area is 101 Å². The Kier molecular flexibility index (Phi) is 2.19. The lowest BCUT2D eigenvalue weighted by Crippen LogP contribution is -1.94. The maximum atomic E-state index is 10.1. The Balaban J connectivity index is 2.33. The van der Waals surface area contributed by atoms with Gasteiger partial charge < -0.3 is 5.11 Å². The molecule has 0 atom stereocenters. The van der Waals surface area contributed by atoms with Gasteiger partial charge in [0.15, 0.2) is 5.65 Å². The van der Waals surface area contributed by atoms with E-state index in [4.69, 9.17) is 11.6 Å². The molecule has 84 valence electrons. The van der Waals surface area contributed by atoms with E-state index in [1.54, 1.807) is 0 Å². The van der Waals surface area contributed by atoms with Crippen LogP contribution in [0.4, 0.5) is 0 Å². The Bertz CT molecular complexity index is 681. The summed E-state index contributed by atoms with van der Waals surface area (Å²) in [5.74, 6) is -0.0585. The molecule has 3 rings (SSSR count). The summed E-state index contributed by atoms with van der Waals surface area (Å²) in [6.45, 7) is 0. The molecule has 0 amide bonds. The third kappa shape index (κ3) is 1.52. The second kappa shape index (κ2) is 3.71. The average Bonchev–Trinajstić information content (AvgIpc) is 2.69. The van der Waals surface area contributed by atoms with Crippen molar-refractivity contribution in [3.8, 4) is 11.6 Å². The van der Waals surface area contributed by atoms with E-state index in [0.29, 0.717) is 11.0 Å². The normalized spacial score (nSPS) is 10.9. The van der Waals surface area contributed by atoms with Gasteiger partial charge in [-0.1, -0.05) is 29.8 Å². The molecular weight excluding hydrogens is 240 g/mol. The fraction of sp³-hybridized carbons (Fsp3) is 0. The summed E-state index contributed by atoms with van der Waals surface area (Å²) in [5.41, 5.74) is 1.10. The number of aromatic nitrogens is 4. The maximum absolute atomic E-state index is 10.1. The number of para-hydroxylation sites is 1. The topological polar surface area (TPSA) is 63.8 Å². The van der Waals surface area contributed by atoms with Crippen molar-refractivity contribution >= 4 is 22.6 Å². The Morgan fingerprint density at radius 2 is 1.88 bits per heavy atom. The van der Waals surface area contributed by atoms with Crippen LogP contribution in [0.5, 0.6) is 5.88 Å². The van der Waals surface area contributed by atoms with Crippen LogP contribution >= 0.6 is 11.6 Å². The Morgan fingerprint density at radius 1 is 1.12 bits per heavy atom. The molecule has 3 aromatic rings. The van der Waals surface area contributed by atoms with Crippen LogP contribution < -0.4 is 0 Å². The zero-order valence-electron chi connectivity index (χ0n) is 8.58. The predicted molar refractivity (Wildman–Crippen MR) is 63.3 cm³/mol. The summed E-state index contributed by atoms with van der Waals surface area (Å²) in [7, 11) is 0. The van der Waals surface area contributed by atoms with Gasteiger partial charge in [0.05, 0.1) is 5.69 Å². The molecule has 0 aliphatic carbocycles. The number of hydrogen-bond donors (Lipinski definition) is 1. The van der Waals surface area contributed by atoms with E-state index >= 15 is 0 Å². The van der Waals surface area contributed by atoms with Crippen molar-refractivity contribution in [2.45, 2.75) is 0 Å². The summed E-state index contributed by atoms with van der Waals surface area (Å²) >= 11 is 5.90. The molecule has 17 heavy (non-hydrogen) atoms. The molecule has 2 aromatic heterocycles. The molecular formula is C11H7ClN4O. The Hall–Kier alpha value is -2.14. The lowest BCUT2D eigenvalue weighted by Gasteiger charge is -2.01. The van der Waals surface area contributed by atoms with Crippen LogP contribution in [-0.2, 0) is 0 Å². The minimum atomic E-state index is -0.0585. The number of hydrogen-bond acceptors (Lipinski definition) is 4. The van der Waals surface area contributed by atoms with E-state index in [2.05, 4.69) is 15.1 Å². The summed E-state index contributed by atoms with van der Waals surface area (Å²) in [4.78, 5) is 7.78. The van der Waals surface area contributed by atoms with E-state index in [9.17, 15) is 5.11 Å². The van der Waals surface area contributed by atoms with Crippen molar-refractivity contribution in [3.05, 3.63) is 41.8 Å². The molecule has 1 N–H and O–H groups in total. The van der Waals surface area contributed by atoms with Crippen molar-refractivity contribution in [3.63, 3.8) is 0 Å². The molecule has 0 fully saturated rings. The number of rotatable bonds is 1. The van der Waals surface area contributed by atoms with Gasteiger partial charge in [-0.25, -0.2) is 9.97 Å². The summed E-state index contributed by atoms with van der Waals surface area (Å²) < 4.78 is 1.38. The van der Waals surface area contributed by atoms with Gasteiger partial charge in [0.2, 0.25) is 5.88 Å². The van der Waals surface area contributed by atoms with Crippen LogP contribution in [-0.4, -0.2) is 24.9 Å². The van der Waals surface area contributed by atoms with Crippen LogP contribution in [0.25, 0.3) is 16.7 Å². The summed E-state index contributed by atoms with van der Waals surface area (Å²) in [6, 6.07) is 9.25. The van der Waals surface area contributed by atoms with Crippen LogP contribution in [0, 0.1) is 0 Å². The quantitative estimate of drug-likeness (QED) is 0.669. The maximum Gasteiger partial charge on any atom is 0.227 e. The van der Waals surface area contributed by atoms with Gasteiger partial charge in [-0.05, 0) is 12.1 Å². The molecule has 0 spiro atoms. The molecule has 0 bridgehead atoms. The van der Waals surface area contributed by atoms with Crippen molar-refractivity contribution in [1.82, 2.24) is 19.7 Å². The molecule has 1 aromatic carbocycles. The second-order valence-electron chi connectivity index (χ2n) is 3.43. The number of benzene rings is 1. The first-order chi connectivity index (χ1) is 8.27. The minimum Gasteiger partial charge on any atom is -0.493 e. The molecule has 0 aliphatic rings. The standard InChI is InChI=1S/C11H7ClN4O/c12-9-8-10(14-6-13-9)15-16(11(8)17)7-4-2-1-3-5-7/h1-6,17H. The molecule has 5 nitrogen and oxygen atoms in total. The lowest BCUT2D eigenvalue weighted by molar-refractivity contribution is 0.438. The van der Waals surface area contributed by atoms with Crippen LogP contribution in [0.3, 0.4) is 0 Å². The van der Waals surface area contributed by atoms with Gasteiger partial charge in [0.25, 0.3) is 0 Å². The first kappa shape index (κ1) is 10.0. The lowest BCUT2D eigenvalue weighted by atomic mass is 10.3. The third-order valence-corrected chi connectivity index (χ3v) is 2.69.